The molecule has 2 aromatic carbocycles. The summed E-state index contributed by atoms with van der Waals surface area (Å²) >= 11 is 0. The molecule has 0 aromatic heterocycles. The second-order valence-corrected chi connectivity index (χ2v) is 9.27. The van der Waals surface area contributed by atoms with Gasteiger partial charge in [-0.1, -0.05) is 25.1 Å². The van der Waals surface area contributed by atoms with E-state index < -0.39 is 34.0 Å². The Kier molecular flexibility index (Phi) is 6.90. The molecule has 31 heavy (non-hydrogen) atoms. The zero-order valence-electron chi connectivity index (χ0n) is 16.9. The van der Waals surface area contributed by atoms with Crippen LogP contribution in [-0.4, -0.2) is 46.4 Å². The average molecular weight is 456 g/mol. The number of nitrogens with zero attached hydrogens (tertiary/aromatic N) is 1. The van der Waals surface area contributed by atoms with Gasteiger partial charge < -0.3 is 15.0 Å². The second-order valence-electron chi connectivity index (χ2n) is 7.02. The van der Waals surface area contributed by atoms with Gasteiger partial charge >= 0.3 is 6.18 Å². The van der Waals surface area contributed by atoms with Crippen LogP contribution >= 0.6 is 0 Å². The van der Waals surface area contributed by atoms with Crippen LogP contribution in [0.4, 0.5) is 18.9 Å². The van der Waals surface area contributed by atoms with Crippen molar-refractivity contribution in [3.05, 3.63) is 59.2 Å². The summed E-state index contributed by atoms with van der Waals surface area (Å²) in [7, 11) is -3.66. The van der Waals surface area contributed by atoms with Crippen molar-refractivity contribution in [3.63, 3.8) is 0 Å². The van der Waals surface area contributed by atoms with E-state index in [0.717, 1.165) is 6.07 Å². The molecule has 0 aliphatic carbocycles. The minimum atomic E-state index is -4.61. The van der Waals surface area contributed by atoms with Gasteiger partial charge in [0, 0.05) is 25.3 Å². The smallest absolute Gasteiger partial charge is 0.378 e. The minimum Gasteiger partial charge on any atom is -0.378 e. The van der Waals surface area contributed by atoms with Gasteiger partial charge in [-0.15, -0.1) is 0 Å². The quantitative estimate of drug-likeness (QED) is 0.722. The summed E-state index contributed by atoms with van der Waals surface area (Å²) < 4.78 is 70.7. The van der Waals surface area contributed by atoms with E-state index in [1.165, 1.54) is 37.3 Å². The fourth-order valence-corrected chi connectivity index (χ4v) is 4.45. The maximum Gasteiger partial charge on any atom is 0.416 e. The second kappa shape index (κ2) is 9.27. The van der Waals surface area contributed by atoms with Crippen molar-refractivity contribution in [2.24, 2.45) is 0 Å². The maximum absolute atomic E-state index is 13.7. The number of halogens is 3. The lowest BCUT2D eigenvalue weighted by atomic mass is 10.0. The Morgan fingerprint density at radius 1 is 1.13 bits per heavy atom. The van der Waals surface area contributed by atoms with Crippen LogP contribution in [0.15, 0.2) is 47.4 Å². The van der Waals surface area contributed by atoms with Crippen molar-refractivity contribution in [2.75, 3.05) is 37.0 Å². The monoisotopic (exact) mass is 456 g/mol. The predicted octanol–water partition coefficient (Wildman–Crippen LogP) is 3.27. The number of rotatable bonds is 6. The minimum absolute atomic E-state index is 0.0946. The molecule has 0 unspecified atom stereocenters. The summed E-state index contributed by atoms with van der Waals surface area (Å²) in [5.74, 6) is -0.948. The number of ether oxygens (including phenoxy) is 1. The third-order valence-electron chi connectivity index (χ3n) is 5.06. The van der Waals surface area contributed by atoms with Gasteiger partial charge in [0.2, 0.25) is 0 Å². The lowest BCUT2D eigenvalue weighted by Gasteiger charge is -2.29. The lowest BCUT2D eigenvalue weighted by Crippen LogP contribution is -2.36. The lowest BCUT2D eigenvalue weighted by molar-refractivity contribution is -0.138. The summed E-state index contributed by atoms with van der Waals surface area (Å²) in [5, 5.41) is 2.43. The SMILES string of the molecule is CCS(=O)(=O)c1ccccc1C(=O)NCc1ccc(N2CCOCC2)cc1C(F)(F)F. The highest BCUT2D eigenvalue weighted by molar-refractivity contribution is 7.91. The molecule has 3 rings (SSSR count). The summed E-state index contributed by atoms with van der Waals surface area (Å²) in [6.07, 6.45) is -4.61. The standard InChI is InChI=1S/C21H23F3N2O4S/c1-2-31(28,29)19-6-4-3-5-17(19)20(27)25-14-15-7-8-16(13-18(15)21(22,23)24)26-9-11-30-12-10-26/h3-8,13H,2,9-12,14H2,1H3,(H,25,27). The Balaban J connectivity index is 1.84. The molecule has 1 N–H and O–H groups in total. The number of nitrogens with one attached hydrogen (secondary N) is 1. The zero-order valence-corrected chi connectivity index (χ0v) is 17.7. The van der Waals surface area contributed by atoms with E-state index in [1.54, 1.807) is 6.07 Å². The van der Waals surface area contributed by atoms with E-state index >= 15 is 0 Å². The number of hydrogen-bond donors (Lipinski definition) is 1. The van der Waals surface area contributed by atoms with Crippen molar-refractivity contribution in [1.82, 2.24) is 5.32 Å². The topological polar surface area (TPSA) is 75.7 Å². The first kappa shape index (κ1) is 23.1. The first-order valence-electron chi connectivity index (χ1n) is 9.76. The molecule has 1 amide bonds. The molecule has 0 radical (unpaired) electrons. The van der Waals surface area contributed by atoms with E-state index in [2.05, 4.69) is 5.32 Å². The van der Waals surface area contributed by atoms with Crippen LogP contribution < -0.4 is 10.2 Å². The molecule has 2 aromatic rings. The number of carbonyl (C=O) groups excluding carboxylic acids is 1. The molecule has 10 heteroatoms. The van der Waals surface area contributed by atoms with E-state index in [-0.39, 0.29) is 21.8 Å². The number of anilines is 1. The highest BCUT2D eigenvalue weighted by Gasteiger charge is 2.34. The number of carbonyl (C=O) groups is 1. The number of hydrogen-bond acceptors (Lipinski definition) is 5. The summed E-state index contributed by atoms with van der Waals surface area (Å²) in [6, 6.07) is 9.63. The van der Waals surface area contributed by atoms with Crippen LogP contribution in [0.1, 0.15) is 28.4 Å². The number of sulfone groups is 1. The number of benzene rings is 2. The average Bonchev–Trinajstić information content (AvgIpc) is 2.77. The van der Waals surface area contributed by atoms with Gasteiger partial charge in [0.25, 0.3) is 5.91 Å². The Hall–Kier alpha value is -2.59. The highest BCUT2D eigenvalue weighted by atomic mass is 32.2. The van der Waals surface area contributed by atoms with Gasteiger partial charge in [-0.25, -0.2) is 8.42 Å². The fourth-order valence-electron chi connectivity index (χ4n) is 3.35. The molecule has 0 bridgehead atoms. The maximum atomic E-state index is 13.7. The zero-order chi connectivity index (χ0) is 22.6. The van der Waals surface area contributed by atoms with Crippen LogP contribution in [0.5, 0.6) is 0 Å². The van der Waals surface area contributed by atoms with Gasteiger partial charge in [0.1, 0.15) is 0 Å². The van der Waals surface area contributed by atoms with Crippen molar-refractivity contribution in [3.8, 4) is 0 Å². The summed E-state index contributed by atoms with van der Waals surface area (Å²) in [5.41, 5.74) is -0.604. The van der Waals surface area contributed by atoms with E-state index in [4.69, 9.17) is 4.74 Å². The normalized spacial score (nSPS) is 15.0. The van der Waals surface area contributed by atoms with E-state index in [0.29, 0.717) is 32.0 Å². The van der Waals surface area contributed by atoms with E-state index in [1.807, 2.05) is 4.90 Å². The first-order chi connectivity index (χ1) is 14.6. The third kappa shape index (κ3) is 5.37. The van der Waals surface area contributed by atoms with E-state index in [9.17, 15) is 26.4 Å². The number of amides is 1. The Bertz CT molecular complexity index is 1050. The van der Waals surface area contributed by atoms with Crippen LogP contribution in [0.2, 0.25) is 0 Å². The predicted molar refractivity (Wildman–Crippen MR) is 110 cm³/mol. The van der Waals surface area contributed by atoms with Gasteiger partial charge in [0.05, 0.1) is 35.0 Å². The molecule has 1 saturated heterocycles. The van der Waals surface area contributed by atoms with Crippen LogP contribution in [0.25, 0.3) is 0 Å². The molecule has 1 aliphatic rings. The third-order valence-corrected chi connectivity index (χ3v) is 6.85. The summed E-state index contributed by atoms with van der Waals surface area (Å²) in [6.45, 7) is 2.94. The van der Waals surface area contributed by atoms with Crippen LogP contribution in [-0.2, 0) is 27.3 Å². The molecule has 0 saturated carbocycles. The molecule has 1 aliphatic heterocycles. The Labute approximate surface area is 178 Å². The van der Waals surface area contributed by atoms with Gasteiger partial charge in [-0.2, -0.15) is 13.2 Å². The highest BCUT2D eigenvalue weighted by Crippen LogP contribution is 2.35. The van der Waals surface area contributed by atoms with Crippen molar-refractivity contribution in [1.29, 1.82) is 0 Å². The van der Waals surface area contributed by atoms with Crippen molar-refractivity contribution < 1.29 is 31.1 Å². The molecule has 168 valence electrons. The molecule has 1 heterocycles. The molecule has 1 fully saturated rings. The molecule has 0 spiro atoms. The van der Waals surface area contributed by atoms with Gasteiger partial charge in [-0.3, -0.25) is 4.79 Å². The Morgan fingerprint density at radius 2 is 1.81 bits per heavy atom. The Morgan fingerprint density at radius 3 is 2.45 bits per heavy atom. The van der Waals surface area contributed by atoms with Crippen molar-refractivity contribution in [2.45, 2.75) is 24.5 Å². The van der Waals surface area contributed by atoms with Gasteiger partial charge in [0.15, 0.2) is 9.84 Å². The number of morpholine rings is 1. The van der Waals surface area contributed by atoms with Crippen LogP contribution in [0.3, 0.4) is 0 Å². The molecule has 0 atom stereocenters. The number of alkyl halides is 3. The fraction of sp³-hybridized carbons (Fsp3) is 0.381. The summed E-state index contributed by atoms with van der Waals surface area (Å²) in [4.78, 5) is 14.3. The molecular weight excluding hydrogens is 433 g/mol. The first-order valence-corrected chi connectivity index (χ1v) is 11.4. The van der Waals surface area contributed by atoms with Crippen LogP contribution in [0, 0.1) is 0 Å². The van der Waals surface area contributed by atoms with Crippen molar-refractivity contribution >= 4 is 21.4 Å². The molecule has 6 nitrogen and oxygen atoms in total. The largest absolute Gasteiger partial charge is 0.416 e. The van der Waals surface area contributed by atoms with Gasteiger partial charge in [-0.05, 0) is 29.8 Å². The molecular formula is C21H23F3N2O4S.